The Morgan fingerprint density at radius 2 is 1.63 bits per heavy atom. The molecule has 2 amide bonds. The highest BCUT2D eigenvalue weighted by Gasteiger charge is 2.35. The molecule has 194 valence electrons. The molecule has 0 saturated heterocycles. The van der Waals surface area contributed by atoms with E-state index < -0.39 is 0 Å². The monoisotopic (exact) mass is 529 g/mol. The first-order chi connectivity index (χ1) is 18.5. The standard InChI is InChI=1S/C29H28ClN5O3/c30-24-13-7-6-10-20(24)23-16-18-17-31-29(32-19-8-2-1-3-9-19)33-25(18)34(28(23)38)14-15-35-26(36)21-11-4-5-12-22(21)27(35)37/h4-5,10-13,16-17,19H,1-3,6-9,14-15H2,(H,31,32,33). The van der Waals surface area contributed by atoms with Crippen molar-refractivity contribution in [2.75, 3.05) is 11.9 Å². The van der Waals surface area contributed by atoms with Gasteiger partial charge in [-0.05, 0) is 43.9 Å². The molecule has 1 N–H and O–H groups in total. The Morgan fingerprint density at radius 3 is 2.34 bits per heavy atom. The topological polar surface area (TPSA) is 97.2 Å². The number of halogens is 1. The van der Waals surface area contributed by atoms with Crippen molar-refractivity contribution >= 4 is 46.0 Å². The van der Waals surface area contributed by atoms with Crippen LogP contribution in [-0.2, 0) is 6.54 Å². The highest BCUT2D eigenvalue weighted by Crippen LogP contribution is 2.31. The van der Waals surface area contributed by atoms with Crippen molar-refractivity contribution in [1.82, 2.24) is 19.4 Å². The molecule has 3 heterocycles. The Balaban J connectivity index is 1.39. The van der Waals surface area contributed by atoms with Gasteiger partial charge in [-0.2, -0.15) is 4.98 Å². The second-order valence-corrected chi connectivity index (χ2v) is 10.4. The maximum Gasteiger partial charge on any atom is 0.261 e. The lowest BCUT2D eigenvalue weighted by Crippen LogP contribution is -2.36. The number of rotatable bonds is 6. The number of imide groups is 1. The Kier molecular flexibility index (Phi) is 6.57. The van der Waals surface area contributed by atoms with Gasteiger partial charge in [0.1, 0.15) is 5.65 Å². The number of hydrogen-bond donors (Lipinski definition) is 1. The van der Waals surface area contributed by atoms with Crippen LogP contribution >= 0.6 is 11.6 Å². The van der Waals surface area contributed by atoms with E-state index >= 15 is 0 Å². The van der Waals surface area contributed by atoms with Crippen molar-refractivity contribution in [1.29, 1.82) is 0 Å². The summed E-state index contributed by atoms with van der Waals surface area (Å²) >= 11 is 6.50. The Bertz CT molecular complexity index is 1530. The second kappa shape index (κ2) is 10.2. The molecule has 2 aliphatic carbocycles. The molecule has 2 aromatic heterocycles. The van der Waals surface area contributed by atoms with E-state index in [0.717, 1.165) is 25.7 Å². The zero-order chi connectivity index (χ0) is 26.2. The zero-order valence-electron chi connectivity index (χ0n) is 21.0. The van der Waals surface area contributed by atoms with Gasteiger partial charge in [-0.3, -0.25) is 23.9 Å². The lowest BCUT2D eigenvalue weighted by molar-refractivity contribution is 0.0649. The molecule has 8 nitrogen and oxygen atoms in total. The summed E-state index contributed by atoms with van der Waals surface area (Å²) in [5, 5.41) is 4.66. The van der Waals surface area contributed by atoms with E-state index in [4.69, 9.17) is 16.6 Å². The van der Waals surface area contributed by atoms with Crippen LogP contribution in [0.3, 0.4) is 0 Å². The molecule has 0 bridgehead atoms. The van der Waals surface area contributed by atoms with Gasteiger partial charge in [0.25, 0.3) is 17.4 Å². The maximum absolute atomic E-state index is 13.9. The van der Waals surface area contributed by atoms with E-state index in [0.29, 0.717) is 50.3 Å². The fraction of sp³-hybridized carbons (Fsp3) is 0.345. The van der Waals surface area contributed by atoms with Gasteiger partial charge >= 0.3 is 0 Å². The summed E-state index contributed by atoms with van der Waals surface area (Å²) in [6.07, 6.45) is 12.9. The highest BCUT2D eigenvalue weighted by atomic mass is 35.5. The summed E-state index contributed by atoms with van der Waals surface area (Å²) in [6, 6.07) is 8.86. The number of amides is 2. The summed E-state index contributed by atoms with van der Waals surface area (Å²) in [4.78, 5) is 50.3. The first kappa shape index (κ1) is 24.6. The van der Waals surface area contributed by atoms with E-state index in [-0.39, 0.29) is 30.5 Å². The molecule has 1 aromatic carbocycles. The third kappa shape index (κ3) is 4.43. The first-order valence-electron chi connectivity index (χ1n) is 13.2. The molecule has 0 unspecified atom stereocenters. The van der Waals surface area contributed by atoms with Crippen molar-refractivity contribution in [3.8, 4) is 0 Å². The van der Waals surface area contributed by atoms with E-state index in [1.54, 1.807) is 41.1 Å². The number of benzene rings is 1. The third-order valence-electron chi connectivity index (χ3n) is 7.58. The predicted molar refractivity (Wildman–Crippen MR) is 147 cm³/mol. The lowest BCUT2D eigenvalue weighted by atomic mass is 9.96. The number of carbonyl (C=O) groups excluding carboxylic acids is 2. The summed E-state index contributed by atoms with van der Waals surface area (Å²) in [5.74, 6) is -0.232. The molecule has 1 fully saturated rings. The van der Waals surface area contributed by atoms with Crippen LogP contribution in [0.4, 0.5) is 5.95 Å². The van der Waals surface area contributed by atoms with E-state index in [9.17, 15) is 14.4 Å². The van der Waals surface area contributed by atoms with E-state index in [1.807, 2.05) is 12.2 Å². The highest BCUT2D eigenvalue weighted by molar-refractivity contribution is 6.37. The van der Waals surface area contributed by atoms with E-state index in [1.165, 1.54) is 24.2 Å². The molecule has 6 rings (SSSR count). The number of aromatic nitrogens is 3. The van der Waals surface area contributed by atoms with Gasteiger partial charge < -0.3 is 5.32 Å². The molecule has 0 spiro atoms. The van der Waals surface area contributed by atoms with Gasteiger partial charge in [0.2, 0.25) is 5.95 Å². The van der Waals surface area contributed by atoms with Crippen LogP contribution in [-0.4, -0.2) is 43.8 Å². The summed E-state index contributed by atoms with van der Waals surface area (Å²) < 4.78 is 1.54. The van der Waals surface area contributed by atoms with Crippen molar-refractivity contribution in [2.45, 2.75) is 57.5 Å². The minimum atomic E-state index is -0.352. The smallest absolute Gasteiger partial charge is 0.261 e. The van der Waals surface area contributed by atoms with Crippen LogP contribution in [0.25, 0.3) is 16.6 Å². The SMILES string of the molecule is O=C1c2ccccc2C(=O)N1CCn1c(=O)c(C2=CCCC=C2Cl)cc2cnc(NC3CCCCC3)nc21. The minimum Gasteiger partial charge on any atom is -0.351 e. The largest absolute Gasteiger partial charge is 0.351 e. The van der Waals surface area contributed by atoms with Crippen LogP contribution in [0, 0.1) is 0 Å². The van der Waals surface area contributed by atoms with Crippen molar-refractivity contribution in [2.24, 2.45) is 0 Å². The fourth-order valence-corrected chi connectivity index (χ4v) is 5.87. The lowest BCUT2D eigenvalue weighted by Gasteiger charge is -2.23. The van der Waals surface area contributed by atoms with Crippen molar-refractivity contribution in [3.63, 3.8) is 0 Å². The quantitative estimate of drug-likeness (QED) is 0.444. The third-order valence-corrected chi connectivity index (χ3v) is 7.93. The number of pyridine rings is 1. The number of fused-ring (bicyclic) bond motifs is 2. The van der Waals surface area contributed by atoms with Gasteiger partial charge in [0, 0.05) is 46.9 Å². The number of hydrogen-bond acceptors (Lipinski definition) is 6. The minimum absolute atomic E-state index is 0.0445. The molecular weight excluding hydrogens is 502 g/mol. The average molecular weight is 530 g/mol. The molecular formula is C29H28ClN5O3. The van der Waals surface area contributed by atoms with Crippen molar-refractivity contribution < 1.29 is 9.59 Å². The summed E-state index contributed by atoms with van der Waals surface area (Å²) in [5.41, 5.74) is 2.10. The number of allylic oxidation sites excluding steroid dienone is 4. The van der Waals surface area contributed by atoms with Crippen LogP contribution < -0.4 is 10.9 Å². The number of carbonyl (C=O) groups is 2. The van der Waals surface area contributed by atoms with Gasteiger partial charge in [0.05, 0.1) is 11.1 Å². The Labute approximate surface area is 225 Å². The number of nitrogens with zero attached hydrogens (tertiary/aromatic N) is 4. The maximum atomic E-state index is 13.9. The molecule has 9 heteroatoms. The molecule has 3 aromatic rings. The van der Waals surface area contributed by atoms with Crippen LogP contribution in [0.15, 0.2) is 58.5 Å². The van der Waals surface area contributed by atoms with Gasteiger partial charge in [-0.25, -0.2) is 4.98 Å². The Morgan fingerprint density at radius 1 is 0.921 bits per heavy atom. The Hall–Kier alpha value is -3.78. The fourth-order valence-electron chi connectivity index (χ4n) is 5.58. The summed E-state index contributed by atoms with van der Waals surface area (Å²) in [6.45, 7) is 0.145. The second-order valence-electron chi connectivity index (χ2n) is 10.0. The van der Waals surface area contributed by atoms with Gasteiger partial charge in [-0.1, -0.05) is 55.1 Å². The van der Waals surface area contributed by atoms with Crippen LogP contribution in [0.2, 0.25) is 0 Å². The van der Waals surface area contributed by atoms with Crippen LogP contribution in [0.1, 0.15) is 71.2 Å². The normalized spacial score (nSPS) is 18.0. The molecule has 3 aliphatic rings. The number of nitrogens with one attached hydrogen (secondary N) is 1. The molecule has 38 heavy (non-hydrogen) atoms. The van der Waals surface area contributed by atoms with Gasteiger partial charge in [0.15, 0.2) is 0 Å². The molecule has 1 saturated carbocycles. The number of anilines is 1. The van der Waals surface area contributed by atoms with Gasteiger partial charge in [-0.15, -0.1) is 0 Å². The zero-order valence-corrected chi connectivity index (χ0v) is 21.7. The first-order valence-corrected chi connectivity index (χ1v) is 13.6. The van der Waals surface area contributed by atoms with Crippen molar-refractivity contribution in [3.05, 3.63) is 80.8 Å². The predicted octanol–water partition coefficient (Wildman–Crippen LogP) is 5.13. The molecule has 1 aliphatic heterocycles. The van der Waals surface area contributed by atoms with E-state index in [2.05, 4.69) is 10.3 Å². The summed E-state index contributed by atoms with van der Waals surface area (Å²) in [7, 11) is 0. The molecule has 0 atom stereocenters. The van der Waals surface area contributed by atoms with Crippen LogP contribution in [0.5, 0.6) is 0 Å². The molecule has 0 radical (unpaired) electrons. The average Bonchev–Trinajstić information content (AvgIpc) is 3.18.